The van der Waals surface area contributed by atoms with Crippen molar-refractivity contribution in [3.63, 3.8) is 0 Å². The van der Waals surface area contributed by atoms with E-state index in [2.05, 4.69) is 31.9 Å². The summed E-state index contributed by atoms with van der Waals surface area (Å²) in [4.78, 5) is 11.4. The predicted octanol–water partition coefficient (Wildman–Crippen LogP) is 3.59. The Morgan fingerprint density at radius 2 is 2.19 bits per heavy atom. The zero-order valence-electron chi connectivity index (χ0n) is 8.73. The second-order valence-corrected chi connectivity index (χ2v) is 4.47. The quantitative estimate of drug-likeness (QED) is 0.610. The second-order valence-electron chi connectivity index (χ2n) is 3.11. The SMILES string of the molecule is CCOC(=O)Cc1c(CBr)ccc(F)c1Br. The Labute approximate surface area is 110 Å². The first-order chi connectivity index (χ1) is 7.60. The first kappa shape index (κ1) is 13.6. The lowest BCUT2D eigenvalue weighted by Gasteiger charge is -2.10. The van der Waals surface area contributed by atoms with E-state index in [0.29, 0.717) is 22.0 Å². The van der Waals surface area contributed by atoms with Gasteiger partial charge in [-0.05, 0) is 40.0 Å². The molecule has 0 bridgehead atoms. The van der Waals surface area contributed by atoms with Gasteiger partial charge in [-0.1, -0.05) is 22.0 Å². The highest BCUT2D eigenvalue weighted by atomic mass is 79.9. The van der Waals surface area contributed by atoms with Crippen LogP contribution in [0.15, 0.2) is 16.6 Å². The van der Waals surface area contributed by atoms with E-state index in [0.717, 1.165) is 5.56 Å². The Morgan fingerprint density at radius 1 is 1.50 bits per heavy atom. The first-order valence-electron chi connectivity index (χ1n) is 4.77. The molecule has 5 heteroatoms. The molecule has 0 aliphatic heterocycles. The molecule has 0 aliphatic carbocycles. The van der Waals surface area contributed by atoms with Gasteiger partial charge in [0.05, 0.1) is 17.5 Å². The van der Waals surface area contributed by atoms with Gasteiger partial charge < -0.3 is 4.74 Å². The van der Waals surface area contributed by atoms with Crippen molar-refractivity contribution in [1.82, 2.24) is 0 Å². The van der Waals surface area contributed by atoms with E-state index in [1.54, 1.807) is 13.0 Å². The number of hydrogen-bond donors (Lipinski definition) is 0. The van der Waals surface area contributed by atoms with E-state index in [1.807, 2.05) is 0 Å². The predicted molar refractivity (Wildman–Crippen MR) is 67.1 cm³/mol. The summed E-state index contributed by atoms with van der Waals surface area (Å²) in [7, 11) is 0. The van der Waals surface area contributed by atoms with Gasteiger partial charge in [0, 0.05) is 5.33 Å². The Morgan fingerprint density at radius 3 is 2.75 bits per heavy atom. The molecule has 1 aromatic rings. The molecule has 1 rings (SSSR count). The van der Waals surface area contributed by atoms with Crippen molar-refractivity contribution in [2.75, 3.05) is 6.61 Å². The zero-order valence-corrected chi connectivity index (χ0v) is 11.9. The molecule has 0 amide bonds. The maximum atomic E-state index is 13.3. The van der Waals surface area contributed by atoms with Crippen LogP contribution in [0.4, 0.5) is 4.39 Å². The van der Waals surface area contributed by atoms with Crippen LogP contribution in [0.5, 0.6) is 0 Å². The number of hydrogen-bond acceptors (Lipinski definition) is 2. The number of rotatable bonds is 4. The van der Waals surface area contributed by atoms with Crippen LogP contribution in [-0.4, -0.2) is 12.6 Å². The van der Waals surface area contributed by atoms with Gasteiger partial charge >= 0.3 is 5.97 Å². The normalized spacial score (nSPS) is 10.2. The Balaban J connectivity index is 3.00. The number of benzene rings is 1. The third-order valence-corrected chi connectivity index (χ3v) is 3.53. The fourth-order valence-corrected chi connectivity index (χ4v) is 2.36. The summed E-state index contributed by atoms with van der Waals surface area (Å²) in [5, 5.41) is 0.570. The number of halogens is 3. The summed E-state index contributed by atoms with van der Waals surface area (Å²) < 4.78 is 18.5. The van der Waals surface area contributed by atoms with Crippen molar-refractivity contribution in [2.45, 2.75) is 18.7 Å². The highest BCUT2D eigenvalue weighted by Crippen LogP contribution is 2.26. The average Bonchev–Trinajstić information content (AvgIpc) is 2.25. The zero-order chi connectivity index (χ0) is 12.1. The Kier molecular flexibility index (Phi) is 5.41. The molecule has 16 heavy (non-hydrogen) atoms. The molecule has 2 nitrogen and oxygen atoms in total. The van der Waals surface area contributed by atoms with Gasteiger partial charge in [0.25, 0.3) is 0 Å². The lowest BCUT2D eigenvalue weighted by molar-refractivity contribution is -0.142. The van der Waals surface area contributed by atoms with Gasteiger partial charge in [-0.2, -0.15) is 0 Å². The summed E-state index contributed by atoms with van der Waals surface area (Å²) in [5.41, 5.74) is 1.51. The van der Waals surface area contributed by atoms with E-state index in [4.69, 9.17) is 4.74 Å². The van der Waals surface area contributed by atoms with Crippen molar-refractivity contribution in [3.8, 4) is 0 Å². The van der Waals surface area contributed by atoms with Crippen molar-refractivity contribution in [1.29, 1.82) is 0 Å². The van der Waals surface area contributed by atoms with Gasteiger partial charge in [0.2, 0.25) is 0 Å². The summed E-state index contributed by atoms with van der Waals surface area (Å²) in [6, 6.07) is 3.03. The van der Waals surface area contributed by atoms with Gasteiger partial charge in [-0.15, -0.1) is 0 Å². The number of ether oxygens (including phenoxy) is 1. The third kappa shape index (κ3) is 3.28. The van der Waals surface area contributed by atoms with Crippen LogP contribution >= 0.6 is 31.9 Å². The van der Waals surface area contributed by atoms with Gasteiger partial charge in [-0.3, -0.25) is 4.79 Å². The molecule has 0 radical (unpaired) electrons. The van der Waals surface area contributed by atoms with Crippen molar-refractivity contribution < 1.29 is 13.9 Å². The molecule has 0 unspecified atom stereocenters. The molecule has 88 valence electrons. The number of carbonyl (C=O) groups excluding carboxylic acids is 1. The topological polar surface area (TPSA) is 26.3 Å². The standard InChI is InChI=1S/C11H11Br2FO2/c1-2-16-10(15)5-8-7(6-12)3-4-9(14)11(8)13/h3-4H,2,5-6H2,1H3. The summed E-state index contributed by atoms with van der Waals surface area (Å²) in [6.45, 7) is 2.07. The summed E-state index contributed by atoms with van der Waals surface area (Å²) >= 11 is 6.45. The largest absolute Gasteiger partial charge is 0.466 e. The van der Waals surface area contributed by atoms with Crippen LogP contribution in [0.3, 0.4) is 0 Å². The van der Waals surface area contributed by atoms with E-state index in [1.165, 1.54) is 6.07 Å². The minimum Gasteiger partial charge on any atom is -0.466 e. The van der Waals surface area contributed by atoms with Crippen LogP contribution in [0, 0.1) is 5.82 Å². The van der Waals surface area contributed by atoms with E-state index < -0.39 is 0 Å². The number of alkyl halides is 1. The molecular formula is C11H11Br2FO2. The first-order valence-corrected chi connectivity index (χ1v) is 6.69. The fraction of sp³-hybridized carbons (Fsp3) is 0.364. The van der Waals surface area contributed by atoms with E-state index >= 15 is 0 Å². The lowest BCUT2D eigenvalue weighted by atomic mass is 10.1. The van der Waals surface area contributed by atoms with Crippen molar-refractivity contribution in [3.05, 3.63) is 33.5 Å². The summed E-state index contributed by atoms with van der Waals surface area (Å²) in [6.07, 6.45) is 0.0765. The fourth-order valence-electron chi connectivity index (χ4n) is 1.31. The smallest absolute Gasteiger partial charge is 0.310 e. The lowest BCUT2D eigenvalue weighted by Crippen LogP contribution is -2.10. The minimum atomic E-state index is -0.371. The average molecular weight is 354 g/mol. The van der Waals surface area contributed by atoms with Crippen molar-refractivity contribution in [2.24, 2.45) is 0 Å². The van der Waals surface area contributed by atoms with Crippen LogP contribution in [0.2, 0.25) is 0 Å². The van der Waals surface area contributed by atoms with E-state index in [9.17, 15) is 9.18 Å². The highest BCUT2D eigenvalue weighted by Gasteiger charge is 2.14. The van der Waals surface area contributed by atoms with Gasteiger partial charge in [0.1, 0.15) is 5.82 Å². The maximum Gasteiger partial charge on any atom is 0.310 e. The van der Waals surface area contributed by atoms with Crippen LogP contribution < -0.4 is 0 Å². The van der Waals surface area contributed by atoms with Gasteiger partial charge in [0.15, 0.2) is 0 Å². The molecular weight excluding hydrogens is 343 g/mol. The molecule has 0 heterocycles. The third-order valence-electron chi connectivity index (χ3n) is 2.06. The second kappa shape index (κ2) is 6.35. The van der Waals surface area contributed by atoms with Crippen LogP contribution in [0.1, 0.15) is 18.1 Å². The molecule has 0 aromatic heterocycles. The molecule has 0 aliphatic rings. The monoisotopic (exact) mass is 352 g/mol. The number of carbonyl (C=O) groups is 1. The molecule has 0 saturated heterocycles. The molecule has 0 saturated carbocycles. The molecule has 1 aromatic carbocycles. The van der Waals surface area contributed by atoms with Crippen LogP contribution in [0.25, 0.3) is 0 Å². The van der Waals surface area contributed by atoms with E-state index in [-0.39, 0.29) is 18.2 Å². The summed E-state index contributed by atoms with van der Waals surface area (Å²) in [5.74, 6) is -0.722. The Bertz CT molecular complexity index is 394. The molecule has 0 spiro atoms. The minimum absolute atomic E-state index is 0.0765. The maximum absolute atomic E-state index is 13.3. The number of esters is 1. The molecule has 0 atom stereocenters. The molecule has 0 fully saturated rings. The highest BCUT2D eigenvalue weighted by molar-refractivity contribution is 9.10. The molecule has 0 N–H and O–H groups in total. The van der Waals surface area contributed by atoms with Crippen LogP contribution in [-0.2, 0) is 21.3 Å². The Hall–Kier alpha value is -0.420. The van der Waals surface area contributed by atoms with Crippen molar-refractivity contribution >= 4 is 37.8 Å². The van der Waals surface area contributed by atoms with Gasteiger partial charge in [-0.25, -0.2) is 4.39 Å².